The molecular weight excluding hydrogens is 232 g/mol. The number of aryl methyl sites for hydroxylation is 1. The van der Waals surface area contributed by atoms with Crippen molar-refractivity contribution in [3.05, 3.63) is 11.4 Å². The molecule has 1 aromatic rings. The molecule has 1 N–H and O–H groups in total. The molecule has 2 fully saturated rings. The maximum Gasteiger partial charge on any atom is 0.121 e. The Bertz CT molecular complexity index is 395. The summed E-state index contributed by atoms with van der Waals surface area (Å²) < 4.78 is 10.5. The van der Waals surface area contributed by atoms with Gasteiger partial charge in [0.15, 0.2) is 0 Å². The van der Waals surface area contributed by atoms with E-state index in [-0.39, 0.29) is 0 Å². The van der Waals surface area contributed by atoms with Crippen LogP contribution in [0, 0.1) is 6.92 Å². The van der Waals surface area contributed by atoms with Gasteiger partial charge in [-0.05, 0) is 26.3 Å². The van der Waals surface area contributed by atoms with Gasteiger partial charge < -0.3 is 10.1 Å². The SMILES string of the molecule is Cc1nonc1CNCC1CN2CCCC2CO1. The Morgan fingerprint density at radius 3 is 3.22 bits per heavy atom. The van der Waals surface area contributed by atoms with Crippen LogP contribution in [0.1, 0.15) is 24.2 Å². The van der Waals surface area contributed by atoms with E-state index < -0.39 is 0 Å². The van der Waals surface area contributed by atoms with Gasteiger partial charge in [-0.15, -0.1) is 0 Å². The quantitative estimate of drug-likeness (QED) is 0.833. The number of rotatable bonds is 4. The molecule has 2 aliphatic rings. The normalized spacial score (nSPS) is 28.5. The predicted molar refractivity (Wildman–Crippen MR) is 65.1 cm³/mol. The summed E-state index contributed by atoms with van der Waals surface area (Å²) in [5, 5.41) is 11.0. The Labute approximate surface area is 107 Å². The van der Waals surface area contributed by atoms with E-state index in [4.69, 9.17) is 4.74 Å². The van der Waals surface area contributed by atoms with Crippen molar-refractivity contribution in [3.8, 4) is 0 Å². The summed E-state index contributed by atoms with van der Waals surface area (Å²) in [6.45, 7) is 6.62. The van der Waals surface area contributed by atoms with E-state index in [0.717, 1.165) is 31.1 Å². The monoisotopic (exact) mass is 252 g/mol. The zero-order valence-electron chi connectivity index (χ0n) is 10.8. The fourth-order valence-electron chi connectivity index (χ4n) is 2.77. The minimum absolute atomic E-state index is 0.291. The molecule has 3 heterocycles. The Balaban J connectivity index is 1.42. The van der Waals surface area contributed by atoms with Gasteiger partial charge in [-0.3, -0.25) is 4.90 Å². The van der Waals surface area contributed by atoms with Gasteiger partial charge in [0.25, 0.3) is 0 Å². The summed E-state index contributed by atoms with van der Waals surface area (Å²) in [5.41, 5.74) is 1.73. The molecule has 6 heteroatoms. The van der Waals surface area contributed by atoms with Crippen LogP contribution in [0.15, 0.2) is 4.63 Å². The Kier molecular flexibility index (Phi) is 3.58. The topological polar surface area (TPSA) is 63.4 Å². The lowest BCUT2D eigenvalue weighted by Gasteiger charge is -2.35. The van der Waals surface area contributed by atoms with Crippen LogP contribution in [0.3, 0.4) is 0 Å². The Morgan fingerprint density at radius 2 is 2.39 bits per heavy atom. The highest BCUT2D eigenvalue weighted by atomic mass is 16.6. The fraction of sp³-hybridized carbons (Fsp3) is 0.833. The maximum atomic E-state index is 5.88. The van der Waals surface area contributed by atoms with Crippen LogP contribution in [0.5, 0.6) is 0 Å². The molecule has 0 saturated carbocycles. The molecule has 2 saturated heterocycles. The minimum atomic E-state index is 0.291. The van der Waals surface area contributed by atoms with Gasteiger partial charge in [0.2, 0.25) is 0 Å². The second-order valence-electron chi connectivity index (χ2n) is 5.17. The highest BCUT2D eigenvalue weighted by Gasteiger charge is 2.31. The maximum absolute atomic E-state index is 5.88. The van der Waals surface area contributed by atoms with Crippen molar-refractivity contribution in [2.75, 3.05) is 26.2 Å². The number of nitrogens with one attached hydrogen (secondary N) is 1. The third kappa shape index (κ3) is 2.55. The average molecular weight is 252 g/mol. The van der Waals surface area contributed by atoms with E-state index in [1.165, 1.54) is 19.4 Å². The van der Waals surface area contributed by atoms with E-state index in [1.54, 1.807) is 0 Å². The molecule has 6 nitrogen and oxygen atoms in total. The minimum Gasteiger partial charge on any atom is -0.374 e. The highest BCUT2D eigenvalue weighted by Crippen LogP contribution is 2.22. The van der Waals surface area contributed by atoms with E-state index >= 15 is 0 Å². The molecule has 0 spiro atoms. The van der Waals surface area contributed by atoms with Gasteiger partial charge in [0.1, 0.15) is 11.4 Å². The zero-order chi connectivity index (χ0) is 12.4. The molecule has 100 valence electrons. The molecule has 0 bridgehead atoms. The highest BCUT2D eigenvalue weighted by molar-refractivity contribution is 5.03. The number of hydrogen-bond acceptors (Lipinski definition) is 6. The molecule has 0 aliphatic carbocycles. The molecule has 2 unspecified atom stereocenters. The van der Waals surface area contributed by atoms with Crippen molar-refractivity contribution in [1.82, 2.24) is 20.5 Å². The van der Waals surface area contributed by atoms with Crippen LogP contribution >= 0.6 is 0 Å². The lowest BCUT2D eigenvalue weighted by atomic mass is 10.2. The number of hydrogen-bond donors (Lipinski definition) is 1. The molecule has 1 aromatic heterocycles. The van der Waals surface area contributed by atoms with Gasteiger partial charge >= 0.3 is 0 Å². The second kappa shape index (κ2) is 5.34. The van der Waals surface area contributed by atoms with E-state index in [0.29, 0.717) is 18.7 Å². The molecule has 0 aromatic carbocycles. The Hall–Kier alpha value is -0.980. The first-order chi connectivity index (χ1) is 8.83. The largest absolute Gasteiger partial charge is 0.374 e. The summed E-state index contributed by atoms with van der Waals surface area (Å²) in [4.78, 5) is 2.55. The van der Waals surface area contributed by atoms with Gasteiger partial charge in [0, 0.05) is 25.7 Å². The molecule has 3 rings (SSSR count). The molecule has 2 aliphatic heterocycles. The van der Waals surface area contributed by atoms with Crippen LogP contribution in [-0.2, 0) is 11.3 Å². The standard InChI is InChI=1S/C12H20N4O2/c1-9-12(15-18-14-9)6-13-5-11-7-16-4-2-3-10(16)8-17-11/h10-11,13H,2-8H2,1H3. The first-order valence-electron chi connectivity index (χ1n) is 6.67. The van der Waals surface area contributed by atoms with Gasteiger partial charge in [-0.1, -0.05) is 10.3 Å². The van der Waals surface area contributed by atoms with Crippen molar-refractivity contribution >= 4 is 0 Å². The van der Waals surface area contributed by atoms with Crippen LogP contribution in [0.25, 0.3) is 0 Å². The van der Waals surface area contributed by atoms with Crippen LogP contribution < -0.4 is 5.32 Å². The third-order valence-corrected chi connectivity index (χ3v) is 3.87. The van der Waals surface area contributed by atoms with Gasteiger partial charge in [-0.2, -0.15) is 0 Å². The fourth-order valence-corrected chi connectivity index (χ4v) is 2.77. The summed E-state index contributed by atoms with van der Waals surface area (Å²) in [6, 6.07) is 0.670. The summed E-state index contributed by atoms with van der Waals surface area (Å²) in [6.07, 6.45) is 2.90. The number of nitrogens with zero attached hydrogens (tertiary/aromatic N) is 3. The van der Waals surface area contributed by atoms with Crippen molar-refractivity contribution in [2.24, 2.45) is 0 Å². The van der Waals surface area contributed by atoms with Gasteiger partial charge in [-0.25, -0.2) is 4.63 Å². The lowest BCUT2D eigenvalue weighted by molar-refractivity contribution is -0.0470. The smallest absolute Gasteiger partial charge is 0.121 e. The predicted octanol–water partition coefficient (Wildman–Crippen LogP) is 0.331. The summed E-state index contributed by atoms with van der Waals surface area (Å²) in [5.74, 6) is 0. The third-order valence-electron chi connectivity index (χ3n) is 3.87. The number of aromatic nitrogens is 2. The van der Waals surface area contributed by atoms with Crippen molar-refractivity contribution in [1.29, 1.82) is 0 Å². The van der Waals surface area contributed by atoms with E-state index in [1.807, 2.05) is 6.92 Å². The summed E-state index contributed by atoms with van der Waals surface area (Å²) in [7, 11) is 0. The van der Waals surface area contributed by atoms with Gasteiger partial charge in [0.05, 0.1) is 12.7 Å². The molecule has 0 amide bonds. The number of fused-ring (bicyclic) bond motifs is 1. The second-order valence-corrected chi connectivity index (χ2v) is 5.17. The van der Waals surface area contributed by atoms with Crippen LogP contribution in [-0.4, -0.2) is 53.6 Å². The lowest BCUT2D eigenvalue weighted by Crippen LogP contribution is -2.49. The number of ether oxygens (including phenoxy) is 1. The van der Waals surface area contributed by atoms with Crippen molar-refractivity contribution < 1.29 is 9.37 Å². The molecule has 2 atom stereocenters. The first-order valence-corrected chi connectivity index (χ1v) is 6.67. The van der Waals surface area contributed by atoms with Crippen LogP contribution in [0.4, 0.5) is 0 Å². The number of morpholine rings is 1. The van der Waals surface area contributed by atoms with E-state index in [9.17, 15) is 0 Å². The average Bonchev–Trinajstić information content (AvgIpc) is 2.98. The zero-order valence-corrected chi connectivity index (χ0v) is 10.8. The molecular formula is C12H20N4O2. The van der Waals surface area contributed by atoms with Crippen molar-refractivity contribution in [3.63, 3.8) is 0 Å². The first kappa shape index (κ1) is 12.1. The Morgan fingerprint density at radius 1 is 1.44 bits per heavy atom. The van der Waals surface area contributed by atoms with Crippen LogP contribution in [0.2, 0.25) is 0 Å². The summed E-state index contributed by atoms with van der Waals surface area (Å²) >= 11 is 0. The van der Waals surface area contributed by atoms with E-state index in [2.05, 4.69) is 25.2 Å². The van der Waals surface area contributed by atoms with Crippen molar-refractivity contribution in [2.45, 2.75) is 38.5 Å². The molecule has 0 radical (unpaired) electrons. The molecule has 18 heavy (non-hydrogen) atoms.